The first-order valence-electron chi connectivity index (χ1n) is 8.46. The van der Waals surface area contributed by atoms with Crippen molar-refractivity contribution in [3.8, 4) is 5.75 Å². The summed E-state index contributed by atoms with van der Waals surface area (Å²) in [5.74, 6) is 1.42. The first-order valence-corrected chi connectivity index (χ1v) is 8.46. The minimum absolute atomic E-state index is 0.0687. The summed E-state index contributed by atoms with van der Waals surface area (Å²) >= 11 is 0. The van der Waals surface area contributed by atoms with Crippen LogP contribution in [-0.4, -0.2) is 36.1 Å². The SMILES string of the molecule is CC[C@]12O[C@@H]3[C@H](O)[C@H]4C[C@H]3[C@H]1[C@@H]4C(=O)N2c1ccc(OC)cc1. The standard InChI is InChI=1S/C18H21NO4/c1-3-18-14-12-8-11(15(20)16(12)23-18)13(14)17(21)19(18)9-4-6-10(22-2)7-5-9/h4-7,11-16,20H,3,8H2,1-2H3/t11-,12-,13+,14-,15+,16-,18-/m0/s1. The van der Waals surface area contributed by atoms with Crippen molar-refractivity contribution in [2.45, 2.75) is 37.7 Å². The number of aliphatic hydroxyl groups excluding tert-OH is 1. The van der Waals surface area contributed by atoms with Crippen LogP contribution in [0, 0.1) is 23.7 Å². The largest absolute Gasteiger partial charge is 0.497 e. The van der Waals surface area contributed by atoms with Crippen molar-refractivity contribution >= 4 is 11.6 Å². The van der Waals surface area contributed by atoms with Gasteiger partial charge in [0.25, 0.3) is 0 Å². The molecule has 0 radical (unpaired) electrons. The molecule has 0 spiro atoms. The second kappa shape index (κ2) is 4.28. The van der Waals surface area contributed by atoms with E-state index in [1.807, 2.05) is 29.2 Å². The highest BCUT2D eigenvalue weighted by molar-refractivity contribution is 6.00. The van der Waals surface area contributed by atoms with Gasteiger partial charge in [-0.3, -0.25) is 9.69 Å². The fourth-order valence-corrected chi connectivity index (χ4v) is 5.84. The lowest BCUT2D eigenvalue weighted by atomic mass is 9.76. The number of benzene rings is 1. The van der Waals surface area contributed by atoms with Gasteiger partial charge in [0.2, 0.25) is 5.91 Å². The van der Waals surface area contributed by atoms with Gasteiger partial charge >= 0.3 is 0 Å². The molecule has 122 valence electrons. The summed E-state index contributed by atoms with van der Waals surface area (Å²) in [6.45, 7) is 2.08. The molecule has 1 aromatic carbocycles. The molecule has 2 aliphatic heterocycles. The van der Waals surface area contributed by atoms with E-state index in [1.165, 1.54) is 0 Å². The number of methoxy groups -OCH3 is 1. The van der Waals surface area contributed by atoms with Crippen molar-refractivity contribution in [2.24, 2.45) is 23.7 Å². The summed E-state index contributed by atoms with van der Waals surface area (Å²) in [7, 11) is 1.63. The van der Waals surface area contributed by atoms with Crippen molar-refractivity contribution in [3.63, 3.8) is 0 Å². The Hall–Kier alpha value is -1.59. The summed E-state index contributed by atoms with van der Waals surface area (Å²) in [5, 5.41) is 10.5. The first-order chi connectivity index (χ1) is 11.1. The van der Waals surface area contributed by atoms with Gasteiger partial charge in [-0.1, -0.05) is 6.92 Å². The topological polar surface area (TPSA) is 59.0 Å². The minimum Gasteiger partial charge on any atom is -0.497 e. The Labute approximate surface area is 135 Å². The molecule has 4 fully saturated rings. The van der Waals surface area contributed by atoms with Gasteiger partial charge in [-0.05, 0) is 48.9 Å². The van der Waals surface area contributed by atoms with Crippen LogP contribution < -0.4 is 9.64 Å². The molecule has 1 N–H and O–H groups in total. The molecule has 2 heterocycles. The van der Waals surface area contributed by atoms with Crippen LogP contribution in [0.15, 0.2) is 24.3 Å². The average Bonchev–Trinajstić information content (AvgIpc) is 3.23. The highest BCUT2D eigenvalue weighted by Gasteiger charge is 2.77. The summed E-state index contributed by atoms with van der Waals surface area (Å²) < 4.78 is 11.6. The molecule has 23 heavy (non-hydrogen) atoms. The molecule has 7 atom stereocenters. The second-order valence-electron chi connectivity index (χ2n) is 7.26. The average molecular weight is 315 g/mol. The maximum absolute atomic E-state index is 13.2. The molecule has 2 bridgehead atoms. The van der Waals surface area contributed by atoms with Crippen LogP contribution in [0.4, 0.5) is 5.69 Å². The van der Waals surface area contributed by atoms with Crippen LogP contribution in [0.25, 0.3) is 0 Å². The fraction of sp³-hybridized carbons (Fsp3) is 0.611. The Morgan fingerprint density at radius 2 is 2.09 bits per heavy atom. The minimum atomic E-state index is -0.585. The Kier molecular flexibility index (Phi) is 2.57. The second-order valence-corrected chi connectivity index (χ2v) is 7.26. The quantitative estimate of drug-likeness (QED) is 0.924. The maximum Gasteiger partial charge on any atom is 0.233 e. The lowest BCUT2D eigenvalue weighted by molar-refractivity contribution is -0.133. The van der Waals surface area contributed by atoms with E-state index >= 15 is 0 Å². The zero-order valence-corrected chi connectivity index (χ0v) is 13.3. The highest BCUT2D eigenvalue weighted by Crippen LogP contribution is 2.68. The fourth-order valence-electron chi connectivity index (χ4n) is 5.84. The molecule has 2 saturated carbocycles. The van der Waals surface area contributed by atoms with Crippen molar-refractivity contribution in [2.75, 3.05) is 12.0 Å². The van der Waals surface area contributed by atoms with Crippen molar-refractivity contribution in [1.82, 2.24) is 0 Å². The molecule has 5 nitrogen and oxygen atoms in total. The number of carbonyl (C=O) groups is 1. The number of carbonyl (C=O) groups excluding carboxylic acids is 1. The molecule has 5 heteroatoms. The molecular formula is C18H21NO4. The number of ether oxygens (including phenoxy) is 2. The van der Waals surface area contributed by atoms with Crippen LogP contribution >= 0.6 is 0 Å². The van der Waals surface area contributed by atoms with Gasteiger partial charge in [-0.15, -0.1) is 0 Å². The molecule has 5 rings (SSSR count). The van der Waals surface area contributed by atoms with E-state index in [2.05, 4.69) is 6.92 Å². The van der Waals surface area contributed by atoms with E-state index in [0.717, 1.165) is 24.3 Å². The van der Waals surface area contributed by atoms with E-state index < -0.39 is 11.8 Å². The summed E-state index contributed by atoms with van der Waals surface area (Å²) in [6, 6.07) is 7.60. The number of amides is 1. The normalized spacial score (nSPS) is 46.0. The highest BCUT2D eigenvalue weighted by atomic mass is 16.6. The van der Waals surface area contributed by atoms with E-state index in [1.54, 1.807) is 7.11 Å². The monoisotopic (exact) mass is 315 g/mol. The number of rotatable bonds is 3. The number of fused-ring (bicyclic) bond motifs is 2. The van der Waals surface area contributed by atoms with E-state index in [9.17, 15) is 9.90 Å². The van der Waals surface area contributed by atoms with E-state index in [0.29, 0.717) is 5.92 Å². The Morgan fingerprint density at radius 1 is 1.35 bits per heavy atom. The van der Waals surface area contributed by atoms with Gasteiger partial charge in [0, 0.05) is 11.6 Å². The lowest BCUT2D eigenvalue weighted by Gasteiger charge is -2.38. The Morgan fingerprint density at radius 3 is 2.74 bits per heavy atom. The van der Waals surface area contributed by atoms with E-state index in [4.69, 9.17) is 9.47 Å². The maximum atomic E-state index is 13.2. The molecule has 0 unspecified atom stereocenters. The molecule has 0 aromatic heterocycles. The predicted octanol–water partition coefficient (Wildman–Crippen LogP) is 1.79. The third-order valence-electron chi connectivity index (χ3n) is 6.63. The van der Waals surface area contributed by atoms with Gasteiger partial charge in [0.1, 0.15) is 5.75 Å². The van der Waals surface area contributed by atoms with Gasteiger partial charge in [0.05, 0.1) is 25.2 Å². The third kappa shape index (κ3) is 1.40. The lowest BCUT2D eigenvalue weighted by Crippen LogP contribution is -2.50. The summed E-state index contributed by atoms with van der Waals surface area (Å²) in [5.41, 5.74) is 0.277. The number of aliphatic hydroxyl groups is 1. The zero-order valence-electron chi connectivity index (χ0n) is 13.3. The zero-order chi connectivity index (χ0) is 15.9. The van der Waals surface area contributed by atoms with Gasteiger partial charge in [0.15, 0.2) is 5.72 Å². The number of hydrogen-bond acceptors (Lipinski definition) is 4. The van der Waals surface area contributed by atoms with Crippen LogP contribution in [0.3, 0.4) is 0 Å². The van der Waals surface area contributed by atoms with Gasteiger partial charge in [-0.25, -0.2) is 0 Å². The van der Waals surface area contributed by atoms with Crippen LogP contribution in [0.1, 0.15) is 19.8 Å². The first kappa shape index (κ1) is 13.8. The smallest absolute Gasteiger partial charge is 0.233 e. The summed E-state index contributed by atoms with van der Waals surface area (Å²) in [6.07, 6.45) is 1.11. The molecule has 1 amide bonds. The molecule has 1 aromatic rings. The Bertz CT molecular complexity index is 674. The van der Waals surface area contributed by atoms with E-state index in [-0.39, 0.29) is 29.8 Å². The van der Waals surface area contributed by atoms with Crippen LogP contribution in [0.2, 0.25) is 0 Å². The van der Waals surface area contributed by atoms with Crippen molar-refractivity contribution < 1.29 is 19.4 Å². The van der Waals surface area contributed by atoms with Crippen LogP contribution in [-0.2, 0) is 9.53 Å². The van der Waals surface area contributed by atoms with Gasteiger partial charge in [-0.2, -0.15) is 0 Å². The summed E-state index contributed by atoms with van der Waals surface area (Å²) in [4.78, 5) is 15.0. The van der Waals surface area contributed by atoms with Crippen molar-refractivity contribution in [1.29, 1.82) is 0 Å². The third-order valence-corrected chi connectivity index (χ3v) is 6.63. The number of anilines is 1. The Balaban J connectivity index is 1.62. The molecule has 2 aliphatic carbocycles. The van der Waals surface area contributed by atoms with Crippen LogP contribution in [0.5, 0.6) is 5.75 Å². The molecule has 2 saturated heterocycles. The molecule has 4 aliphatic rings. The number of hydrogen-bond donors (Lipinski definition) is 1. The van der Waals surface area contributed by atoms with Gasteiger partial charge < -0.3 is 14.6 Å². The predicted molar refractivity (Wildman–Crippen MR) is 83.0 cm³/mol. The molecular weight excluding hydrogens is 294 g/mol. The van der Waals surface area contributed by atoms with Crippen molar-refractivity contribution in [3.05, 3.63) is 24.3 Å². The number of nitrogens with zero attached hydrogens (tertiary/aromatic N) is 1.